The molecule has 21 heavy (non-hydrogen) atoms. The third-order valence-corrected chi connectivity index (χ3v) is 2.89. The summed E-state index contributed by atoms with van der Waals surface area (Å²) in [7, 11) is 0. The Morgan fingerprint density at radius 3 is 2.76 bits per heavy atom. The van der Waals surface area contributed by atoms with Crippen LogP contribution in [0.4, 0.5) is 14.5 Å². The van der Waals surface area contributed by atoms with Gasteiger partial charge < -0.3 is 10.1 Å². The predicted octanol–water partition coefficient (Wildman–Crippen LogP) is 2.70. The number of hydrogen-bond donors (Lipinski definition) is 1. The Labute approximate surface area is 119 Å². The first kappa shape index (κ1) is 13.1. The third-order valence-electron chi connectivity index (χ3n) is 2.89. The molecule has 1 aliphatic heterocycles. The molecule has 0 spiro atoms. The van der Waals surface area contributed by atoms with E-state index in [-0.39, 0.29) is 18.1 Å². The smallest absolute Gasteiger partial charge is 0.262 e. The molecular formula is C16H9F2NO2. The highest BCUT2D eigenvalue weighted by molar-refractivity contribution is 5.95. The number of anilines is 1. The number of fused-ring (bicyclic) bond motifs is 1. The lowest BCUT2D eigenvalue weighted by atomic mass is 10.1. The summed E-state index contributed by atoms with van der Waals surface area (Å²) in [5.41, 5.74) is 1.22. The van der Waals surface area contributed by atoms with E-state index in [1.54, 1.807) is 18.2 Å². The molecule has 0 saturated heterocycles. The first-order valence-corrected chi connectivity index (χ1v) is 6.15. The van der Waals surface area contributed by atoms with Crippen molar-refractivity contribution in [1.82, 2.24) is 0 Å². The number of halogens is 2. The fraction of sp³-hybridized carbons (Fsp3) is 0.0625. The Kier molecular flexibility index (Phi) is 3.28. The average molecular weight is 285 g/mol. The molecule has 3 rings (SSSR count). The maximum absolute atomic E-state index is 13.5. The maximum Gasteiger partial charge on any atom is 0.262 e. The van der Waals surface area contributed by atoms with Gasteiger partial charge in [-0.2, -0.15) is 0 Å². The van der Waals surface area contributed by atoms with Gasteiger partial charge in [0.25, 0.3) is 5.91 Å². The second kappa shape index (κ2) is 5.25. The van der Waals surface area contributed by atoms with E-state index < -0.39 is 11.6 Å². The van der Waals surface area contributed by atoms with Gasteiger partial charge in [-0.3, -0.25) is 4.79 Å². The van der Waals surface area contributed by atoms with Crippen molar-refractivity contribution in [2.45, 2.75) is 0 Å². The molecular weight excluding hydrogens is 276 g/mol. The van der Waals surface area contributed by atoms with Crippen molar-refractivity contribution in [2.24, 2.45) is 0 Å². The highest BCUT2D eigenvalue weighted by atomic mass is 19.1. The van der Waals surface area contributed by atoms with E-state index in [1.165, 1.54) is 6.07 Å². The van der Waals surface area contributed by atoms with Crippen molar-refractivity contribution in [3.05, 3.63) is 59.2 Å². The van der Waals surface area contributed by atoms with Gasteiger partial charge in [0.05, 0.1) is 11.3 Å². The quantitative estimate of drug-likeness (QED) is 0.756. The highest BCUT2D eigenvalue weighted by Gasteiger charge is 2.15. The number of carbonyl (C=O) groups is 1. The lowest BCUT2D eigenvalue weighted by Crippen LogP contribution is -2.25. The summed E-state index contributed by atoms with van der Waals surface area (Å²) >= 11 is 0. The Bertz CT molecular complexity index is 791. The molecule has 0 saturated carbocycles. The number of hydrogen-bond acceptors (Lipinski definition) is 2. The van der Waals surface area contributed by atoms with Crippen molar-refractivity contribution in [3.8, 4) is 17.6 Å². The minimum atomic E-state index is -0.711. The SMILES string of the molecule is O=C1COc2ccc(C#Cc3ccc(F)cc3F)cc2N1. The second-order valence-electron chi connectivity index (χ2n) is 4.42. The summed E-state index contributed by atoms with van der Waals surface area (Å²) in [4.78, 5) is 11.2. The topological polar surface area (TPSA) is 38.3 Å². The molecule has 1 aliphatic rings. The van der Waals surface area contributed by atoms with E-state index in [4.69, 9.17) is 4.74 Å². The normalized spacial score (nSPS) is 12.6. The highest BCUT2D eigenvalue weighted by Crippen LogP contribution is 2.28. The molecule has 0 fully saturated rings. The molecule has 104 valence electrons. The Hall–Kier alpha value is -2.87. The van der Waals surface area contributed by atoms with Crippen LogP contribution in [-0.4, -0.2) is 12.5 Å². The zero-order valence-corrected chi connectivity index (χ0v) is 10.7. The number of amides is 1. The standard InChI is InChI=1S/C16H9F2NO2/c17-12-5-4-11(13(18)8-12)3-1-10-2-6-15-14(7-10)19-16(20)9-21-15/h2,4-8H,9H2,(H,19,20). The van der Waals surface area contributed by atoms with Gasteiger partial charge in [-0.05, 0) is 30.3 Å². The van der Waals surface area contributed by atoms with Gasteiger partial charge in [-0.25, -0.2) is 8.78 Å². The van der Waals surface area contributed by atoms with Gasteiger partial charge in [0, 0.05) is 11.6 Å². The fourth-order valence-corrected chi connectivity index (χ4v) is 1.89. The number of ether oxygens (including phenoxy) is 1. The van der Waals surface area contributed by atoms with Crippen LogP contribution >= 0.6 is 0 Å². The lowest BCUT2D eigenvalue weighted by molar-refractivity contribution is -0.118. The summed E-state index contributed by atoms with van der Waals surface area (Å²) < 4.78 is 31.5. The number of benzene rings is 2. The van der Waals surface area contributed by atoms with E-state index >= 15 is 0 Å². The molecule has 2 aromatic rings. The van der Waals surface area contributed by atoms with E-state index in [2.05, 4.69) is 17.2 Å². The van der Waals surface area contributed by atoms with E-state index in [1.807, 2.05) is 0 Å². The van der Waals surface area contributed by atoms with Crippen LogP contribution in [0.3, 0.4) is 0 Å². The van der Waals surface area contributed by atoms with Crippen LogP contribution in [0.5, 0.6) is 5.75 Å². The number of carbonyl (C=O) groups excluding carboxylic acids is 1. The van der Waals surface area contributed by atoms with Crippen LogP contribution in [-0.2, 0) is 4.79 Å². The van der Waals surface area contributed by atoms with Crippen molar-refractivity contribution in [2.75, 3.05) is 11.9 Å². The van der Waals surface area contributed by atoms with E-state index in [0.29, 0.717) is 17.0 Å². The van der Waals surface area contributed by atoms with Crippen LogP contribution in [0.15, 0.2) is 36.4 Å². The predicted molar refractivity (Wildman–Crippen MR) is 72.9 cm³/mol. The van der Waals surface area contributed by atoms with Crippen LogP contribution in [0, 0.1) is 23.5 Å². The number of nitrogens with one attached hydrogen (secondary N) is 1. The Morgan fingerprint density at radius 1 is 1.10 bits per heavy atom. The molecule has 0 radical (unpaired) electrons. The molecule has 0 atom stereocenters. The minimum Gasteiger partial charge on any atom is -0.482 e. The van der Waals surface area contributed by atoms with E-state index in [9.17, 15) is 13.6 Å². The monoisotopic (exact) mass is 285 g/mol. The van der Waals surface area contributed by atoms with Gasteiger partial charge in [-0.1, -0.05) is 11.8 Å². The van der Waals surface area contributed by atoms with Gasteiger partial charge in [0.2, 0.25) is 0 Å². The lowest BCUT2D eigenvalue weighted by Gasteiger charge is -2.17. The van der Waals surface area contributed by atoms with Crippen molar-refractivity contribution in [3.63, 3.8) is 0 Å². The third kappa shape index (κ3) is 2.84. The minimum absolute atomic E-state index is 0.0151. The molecule has 1 N–H and O–H groups in total. The van der Waals surface area contributed by atoms with Gasteiger partial charge >= 0.3 is 0 Å². The zero-order valence-electron chi connectivity index (χ0n) is 10.7. The van der Waals surface area contributed by atoms with Crippen molar-refractivity contribution < 1.29 is 18.3 Å². The zero-order chi connectivity index (χ0) is 14.8. The van der Waals surface area contributed by atoms with Crippen LogP contribution < -0.4 is 10.1 Å². The maximum atomic E-state index is 13.5. The molecule has 1 amide bonds. The first-order chi connectivity index (χ1) is 10.1. The van der Waals surface area contributed by atoms with E-state index in [0.717, 1.165) is 12.1 Å². The molecule has 3 nitrogen and oxygen atoms in total. The summed E-state index contributed by atoms with van der Waals surface area (Å²) in [6.07, 6.45) is 0. The molecule has 0 bridgehead atoms. The van der Waals surface area contributed by atoms with Gasteiger partial charge in [0.1, 0.15) is 17.4 Å². The Balaban J connectivity index is 1.91. The summed E-state index contributed by atoms with van der Waals surface area (Å²) in [6.45, 7) is -0.0151. The molecule has 0 aromatic heterocycles. The molecule has 0 unspecified atom stereocenters. The van der Waals surface area contributed by atoms with Crippen molar-refractivity contribution >= 4 is 11.6 Å². The summed E-state index contributed by atoms with van der Waals surface area (Å²) in [5.74, 6) is 4.36. The molecule has 0 aliphatic carbocycles. The summed E-state index contributed by atoms with van der Waals surface area (Å²) in [5, 5.41) is 2.66. The number of rotatable bonds is 0. The van der Waals surface area contributed by atoms with Crippen LogP contribution in [0.25, 0.3) is 0 Å². The first-order valence-electron chi connectivity index (χ1n) is 6.15. The van der Waals surface area contributed by atoms with Crippen LogP contribution in [0.2, 0.25) is 0 Å². The average Bonchev–Trinajstić information content (AvgIpc) is 2.46. The Morgan fingerprint density at radius 2 is 1.95 bits per heavy atom. The molecule has 2 aromatic carbocycles. The second-order valence-corrected chi connectivity index (χ2v) is 4.42. The molecule has 5 heteroatoms. The van der Waals surface area contributed by atoms with Crippen LogP contribution in [0.1, 0.15) is 11.1 Å². The van der Waals surface area contributed by atoms with Gasteiger partial charge in [0.15, 0.2) is 6.61 Å². The van der Waals surface area contributed by atoms with Crippen molar-refractivity contribution in [1.29, 1.82) is 0 Å². The summed E-state index contributed by atoms with van der Waals surface area (Å²) in [6, 6.07) is 8.23. The van der Waals surface area contributed by atoms with Gasteiger partial charge in [-0.15, -0.1) is 0 Å². The molecule has 1 heterocycles. The fourth-order valence-electron chi connectivity index (χ4n) is 1.89. The largest absolute Gasteiger partial charge is 0.482 e.